The minimum absolute atomic E-state index is 0.0296. The van der Waals surface area contributed by atoms with Gasteiger partial charge in [0.05, 0.1) is 6.42 Å². The Kier molecular flexibility index (Phi) is 6.96. The average molecular weight is 352 g/mol. The number of hydrogen-bond donors (Lipinski definition) is 1. The zero-order chi connectivity index (χ0) is 19.1. The van der Waals surface area contributed by atoms with Gasteiger partial charge in [-0.1, -0.05) is 61.0 Å². The molecule has 0 aliphatic heterocycles. The maximum atomic E-state index is 13.1. The van der Waals surface area contributed by atoms with Crippen molar-refractivity contribution in [2.75, 3.05) is 7.05 Å². The second-order valence-electron chi connectivity index (χ2n) is 6.65. The Balaban J connectivity index is 2.30. The van der Waals surface area contributed by atoms with Crippen molar-refractivity contribution in [3.63, 3.8) is 0 Å². The summed E-state index contributed by atoms with van der Waals surface area (Å²) in [5, 5.41) is 2.69. The van der Waals surface area contributed by atoms with E-state index in [9.17, 15) is 9.59 Å². The predicted octanol–water partition coefficient (Wildman–Crippen LogP) is 3.40. The normalized spacial score (nSPS) is 11.7. The number of nitrogens with zero attached hydrogens (tertiary/aromatic N) is 1. The zero-order valence-corrected chi connectivity index (χ0v) is 16.1. The highest BCUT2D eigenvalue weighted by atomic mass is 16.2. The number of likely N-dealkylation sites (N-methyl/N-ethyl adjacent to an activating group) is 1. The third-order valence-corrected chi connectivity index (χ3v) is 4.67. The largest absolute Gasteiger partial charge is 0.357 e. The number of carbonyl (C=O) groups excluding carboxylic acids is 2. The second kappa shape index (κ2) is 9.18. The van der Waals surface area contributed by atoms with E-state index in [0.717, 1.165) is 22.3 Å². The van der Waals surface area contributed by atoms with Crippen LogP contribution in [0.1, 0.15) is 35.6 Å². The van der Waals surface area contributed by atoms with Crippen molar-refractivity contribution in [2.24, 2.45) is 0 Å². The van der Waals surface area contributed by atoms with Crippen molar-refractivity contribution < 1.29 is 9.59 Å². The zero-order valence-electron chi connectivity index (χ0n) is 16.1. The van der Waals surface area contributed by atoms with Crippen LogP contribution < -0.4 is 5.32 Å². The van der Waals surface area contributed by atoms with Crippen molar-refractivity contribution in [3.05, 3.63) is 70.8 Å². The maximum Gasteiger partial charge on any atom is 0.242 e. The fraction of sp³-hybridized carbons (Fsp3) is 0.364. The van der Waals surface area contributed by atoms with Gasteiger partial charge in [-0.3, -0.25) is 9.59 Å². The molecule has 0 unspecified atom stereocenters. The minimum Gasteiger partial charge on any atom is -0.357 e. The molecule has 138 valence electrons. The Morgan fingerprint density at radius 1 is 1.08 bits per heavy atom. The molecule has 4 heteroatoms. The monoisotopic (exact) mass is 352 g/mol. The van der Waals surface area contributed by atoms with Crippen molar-refractivity contribution in [2.45, 2.75) is 46.2 Å². The molecule has 0 aliphatic carbocycles. The number of amides is 2. The summed E-state index contributed by atoms with van der Waals surface area (Å²) in [6, 6.07) is 15.5. The van der Waals surface area contributed by atoms with E-state index in [-0.39, 0.29) is 11.8 Å². The summed E-state index contributed by atoms with van der Waals surface area (Å²) in [6.07, 6.45) is 0.874. The van der Waals surface area contributed by atoms with Gasteiger partial charge in [-0.05, 0) is 37.0 Å². The van der Waals surface area contributed by atoms with Gasteiger partial charge in [-0.15, -0.1) is 0 Å². The van der Waals surface area contributed by atoms with Crippen LogP contribution in [-0.4, -0.2) is 29.8 Å². The molecular weight excluding hydrogens is 324 g/mol. The van der Waals surface area contributed by atoms with E-state index in [1.54, 1.807) is 11.9 Å². The molecule has 1 N–H and O–H groups in total. The number of rotatable bonds is 7. The molecule has 0 fully saturated rings. The van der Waals surface area contributed by atoms with E-state index in [0.29, 0.717) is 19.4 Å². The summed E-state index contributed by atoms with van der Waals surface area (Å²) in [6.45, 7) is 6.40. The highest BCUT2D eigenvalue weighted by Gasteiger charge is 2.28. The van der Waals surface area contributed by atoms with Crippen LogP contribution >= 0.6 is 0 Å². The van der Waals surface area contributed by atoms with Gasteiger partial charge in [0.1, 0.15) is 6.04 Å². The summed E-state index contributed by atoms with van der Waals surface area (Å²) < 4.78 is 0. The lowest BCUT2D eigenvalue weighted by Crippen LogP contribution is -2.48. The average Bonchev–Trinajstić information content (AvgIpc) is 2.65. The lowest BCUT2D eigenvalue weighted by Gasteiger charge is -2.30. The first-order valence-electron chi connectivity index (χ1n) is 9.07. The summed E-state index contributed by atoms with van der Waals surface area (Å²) in [5.74, 6) is -0.157. The molecule has 2 amide bonds. The van der Waals surface area contributed by atoms with E-state index in [1.165, 1.54) is 0 Å². The molecule has 2 rings (SSSR count). The summed E-state index contributed by atoms with van der Waals surface area (Å²) in [7, 11) is 1.61. The molecule has 2 aromatic carbocycles. The van der Waals surface area contributed by atoms with Crippen LogP contribution in [0.5, 0.6) is 0 Å². The Hall–Kier alpha value is -2.62. The van der Waals surface area contributed by atoms with E-state index >= 15 is 0 Å². The third kappa shape index (κ3) is 4.94. The highest BCUT2D eigenvalue weighted by molar-refractivity contribution is 5.88. The first-order valence-corrected chi connectivity index (χ1v) is 9.07. The molecule has 0 aliphatic rings. The lowest BCUT2D eigenvalue weighted by molar-refractivity contribution is -0.140. The number of hydrogen-bond acceptors (Lipinski definition) is 2. The molecule has 0 bridgehead atoms. The molecule has 1 atom stereocenters. The molecule has 0 heterocycles. The molecule has 0 spiro atoms. The molecule has 0 radical (unpaired) electrons. The fourth-order valence-corrected chi connectivity index (χ4v) is 3.12. The van der Waals surface area contributed by atoms with E-state index in [2.05, 4.69) is 11.4 Å². The molecular formula is C22H28N2O2. The highest BCUT2D eigenvalue weighted by Crippen LogP contribution is 2.17. The Morgan fingerprint density at radius 2 is 1.77 bits per heavy atom. The van der Waals surface area contributed by atoms with Crippen molar-refractivity contribution in [1.29, 1.82) is 0 Å². The van der Waals surface area contributed by atoms with Crippen LogP contribution in [0.2, 0.25) is 0 Å². The topological polar surface area (TPSA) is 49.4 Å². The lowest BCUT2D eigenvalue weighted by atomic mass is 10.0. The smallest absolute Gasteiger partial charge is 0.242 e. The third-order valence-electron chi connectivity index (χ3n) is 4.67. The summed E-state index contributed by atoms with van der Waals surface area (Å²) >= 11 is 0. The molecule has 0 saturated carbocycles. The van der Waals surface area contributed by atoms with Crippen LogP contribution in [0.15, 0.2) is 48.5 Å². The van der Waals surface area contributed by atoms with Gasteiger partial charge in [0.15, 0.2) is 0 Å². The molecule has 26 heavy (non-hydrogen) atoms. The van der Waals surface area contributed by atoms with Crippen molar-refractivity contribution >= 4 is 11.8 Å². The van der Waals surface area contributed by atoms with Crippen LogP contribution in [0.3, 0.4) is 0 Å². The number of aryl methyl sites for hydroxylation is 2. The van der Waals surface area contributed by atoms with E-state index < -0.39 is 6.04 Å². The van der Waals surface area contributed by atoms with Crippen LogP contribution in [0.25, 0.3) is 0 Å². The predicted molar refractivity (Wildman–Crippen MR) is 105 cm³/mol. The fourth-order valence-electron chi connectivity index (χ4n) is 3.12. The standard InChI is InChI=1S/C22H28N2O2/c1-5-20(22(26)23-4)24(15-18-9-7-6-8-10-18)21(25)14-19-13-16(2)11-12-17(19)3/h6-13,20H,5,14-15H2,1-4H3,(H,23,26)/t20-/m0/s1. The van der Waals surface area contributed by atoms with Crippen LogP contribution in [0, 0.1) is 13.8 Å². The van der Waals surface area contributed by atoms with Gasteiger partial charge in [0.25, 0.3) is 0 Å². The first-order chi connectivity index (χ1) is 12.5. The number of carbonyl (C=O) groups is 2. The Bertz CT molecular complexity index is 756. The SMILES string of the molecule is CC[C@@H](C(=O)NC)N(Cc1ccccc1)C(=O)Cc1cc(C)ccc1C. The Labute approximate surface area is 156 Å². The van der Waals surface area contributed by atoms with Gasteiger partial charge in [-0.25, -0.2) is 0 Å². The van der Waals surface area contributed by atoms with Gasteiger partial charge < -0.3 is 10.2 Å². The summed E-state index contributed by atoms with van der Waals surface area (Å²) in [5.41, 5.74) is 4.26. The first kappa shape index (κ1) is 19.7. The van der Waals surface area contributed by atoms with Crippen LogP contribution in [-0.2, 0) is 22.6 Å². The van der Waals surface area contributed by atoms with Gasteiger partial charge in [0, 0.05) is 13.6 Å². The second-order valence-corrected chi connectivity index (χ2v) is 6.65. The van der Waals surface area contributed by atoms with Crippen molar-refractivity contribution in [3.8, 4) is 0 Å². The van der Waals surface area contributed by atoms with Gasteiger partial charge >= 0.3 is 0 Å². The molecule has 2 aromatic rings. The van der Waals surface area contributed by atoms with Crippen molar-refractivity contribution in [1.82, 2.24) is 10.2 Å². The van der Waals surface area contributed by atoms with E-state index in [1.807, 2.05) is 63.2 Å². The molecule has 0 saturated heterocycles. The van der Waals surface area contributed by atoms with Gasteiger partial charge in [-0.2, -0.15) is 0 Å². The minimum atomic E-state index is -0.474. The maximum absolute atomic E-state index is 13.1. The van der Waals surface area contributed by atoms with Crippen LogP contribution in [0.4, 0.5) is 0 Å². The molecule has 4 nitrogen and oxygen atoms in total. The summed E-state index contributed by atoms with van der Waals surface area (Å²) in [4.78, 5) is 27.2. The number of benzene rings is 2. The van der Waals surface area contributed by atoms with Gasteiger partial charge in [0.2, 0.25) is 11.8 Å². The molecule has 0 aromatic heterocycles. The van der Waals surface area contributed by atoms with E-state index in [4.69, 9.17) is 0 Å². The Morgan fingerprint density at radius 3 is 2.38 bits per heavy atom. The quantitative estimate of drug-likeness (QED) is 0.830. The number of nitrogens with one attached hydrogen (secondary N) is 1.